The summed E-state index contributed by atoms with van der Waals surface area (Å²) >= 11 is 0. The lowest BCUT2D eigenvalue weighted by Crippen LogP contribution is -2.32. The molecule has 0 spiro atoms. The zero-order valence-electron chi connectivity index (χ0n) is 23.7. The van der Waals surface area contributed by atoms with Gasteiger partial charge in [-0.15, -0.1) is 10.2 Å². The molecule has 6 aromatic rings. The molecule has 1 amide bonds. The maximum Gasteiger partial charge on any atom is 0.264 e. The van der Waals surface area contributed by atoms with Crippen LogP contribution in [0.3, 0.4) is 0 Å². The van der Waals surface area contributed by atoms with Crippen LogP contribution in [0.4, 0.5) is 5.82 Å². The Hall–Kier alpha value is -5.80. The van der Waals surface area contributed by atoms with E-state index in [-0.39, 0.29) is 29.1 Å². The summed E-state index contributed by atoms with van der Waals surface area (Å²) in [7, 11) is 0. The van der Waals surface area contributed by atoms with Gasteiger partial charge in [0.25, 0.3) is 11.5 Å². The summed E-state index contributed by atoms with van der Waals surface area (Å²) < 4.78 is 4.70. The first-order chi connectivity index (χ1) is 21.4. The number of benzene rings is 2. The lowest BCUT2D eigenvalue weighted by atomic mass is 10.0. The van der Waals surface area contributed by atoms with Crippen molar-refractivity contribution in [2.75, 3.05) is 12.3 Å². The van der Waals surface area contributed by atoms with E-state index in [0.29, 0.717) is 39.1 Å². The maximum absolute atomic E-state index is 14.3. The van der Waals surface area contributed by atoms with Crippen molar-refractivity contribution in [2.45, 2.75) is 31.3 Å². The number of nitrogens with one attached hydrogen (secondary N) is 1. The molecule has 1 aliphatic rings. The number of aromatic nitrogens is 7. The fraction of sp³-hybridized carbons (Fsp3) is 0.188. The van der Waals surface area contributed by atoms with E-state index in [9.17, 15) is 14.7 Å². The first-order valence-electron chi connectivity index (χ1n) is 14.1. The molecular formula is C32H27N9O3. The molecule has 218 valence electrons. The molecule has 0 aliphatic heterocycles. The molecule has 0 radical (unpaired) electrons. The Morgan fingerprint density at radius 2 is 1.95 bits per heavy atom. The molecule has 1 aliphatic carbocycles. The molecule has 12 nitrogen and oxygen atoms in total. The quantitative estimate of drug-likeness (QED) is 0.252. The van der Waals surface area contributed by atoms with Crippen molar-refractivity contribution in [1.29, 1.82) is 0 Å². The van der Waals surface area contributed by atoms with E-state index in [0.717, 1.165) is 12.8 Å². The predicted molar refractivity (Wildman–Crippen MR) is 163 cm³/mol. The highest BCUT2D eigenvalue weighted by Gasteiger charge is 2.45. The number of amides is 1. The number of hydrogen-bond donors (Lipinski definition) is 3. The number of nitrogen functional groups attached to an aromatic ring is 1. The first kappa shape index (κ1) is 27.1. The Labute approximate surface area is 250 Å². The molecule has 0 saturated heterocycles. The molecule has 0 bridgehead atoms. The van der Waals surface area contributed by atoms with E-state index in [4.69, 9.17) is 5.73 Å². The number of pyridine rings is 1. The summed E-state index contributed by atoms with van der Waals surface area (Å²) in [5.74, 6) is 5.73. The second-order valence-corrected chi connectivity index (χ2v) is 10.8. The van der Waals surface area contributed by atoms with Crippen molar-refractivity contribution in [3.8, 4) is 17.5 Å². The smallest absolute Gasteiger partial charge is 0.264 e. The number of carbonyl (C=O) groups excluding carboxylic acids is 1. The van der Waals surface area contributed by atoms with Gasteiger partial charge in [-0.25, -0.2) is 14.2 Å². The standard InChI is InChI=1S/C32H27N9O3/c1-20(35-30(43)27-28(33)37-39-16-6-15-34-29(27)39)25-17-22-8-5-7-21(26(22)31(44)41(25)24-9-3-2-4-10-24)11-12-23-18-40(38-36-23)32(19-42)13-14-32/h2-10,15-18,20,42H,13-14,19H2,1H3,(H2,33,37)(H,35,43)/t20-/m0/s1. The molecule has 1 saturated carbocycles. The SMILES string of the molecule is C[C@H](NC(=O)c1c(N)nn2cccnc12)c1cc2cccc(C#Cc3cn(C4(CO)CC4)nn3)c2c(=O)n1-c1ccccc1. The zero-order chi connectivity index (χ0) is 30.4. The minimum atomic E-state index is -0.607. The Bertz CT molecular complexity index is 2180. The van der Waals surface area contributed by atoms with E-state index in [1.165, 1.54) is 4.52 Å². The molecule has 2 aromatic carbocycles. The van der Waals surface area contributed by atoms with Gasteiger partial charge in [0.1, 0.15) is 5.56 Å². The van der Waals surface area contributed by atoms with Crippen LogP contribution in [0, 0.1) is 11.8 Å². The van der Waals surface area contributed by atoms with Gasteiger partial charge in [0.15, 0.2) is 17.2 Å². The average Bonchev–Trinajstić information content (AvgIpc) is 3.55. The van der Waals surface area contributed by atoms with Gasteiger partial charge in [-0.05, 0) is 61.4 Å². The van der Waals surface area contributed by atoms with Crippen LogP contribution >= 0.6 is 0 Å². The van der Waals surface area contributed by atoms with Gasteiger partial charge in [0.05, 0.1) is 29.8 Å². The number of para-hydroxylation sites is 1. The molecule has 44 heavy (non-hydrogen) atoms. The third-order valence-electron chi connectivity index (χ3n) is 7.96. The monoisotopic (exact) mass is 585 g/mol. The summed E-state index contributed by atoms with van der Waals surface area (Å²) in [6.45, 7) is 1.80. The van der Waals surface area contributed by atoms with Gasteiger partial charge in [0.2, 0.25) is 0 Å². The second-order valence-electron chi connectivity index (χ2n) is 10.8. The third kappa shape index (κ3) is 4.56. The van der Waals surface area contributed by atoms with Crippen LogP contribution in [0.1, 0.15) is 53.1 Å². The summed E-state index contributed by atoms with van der Waals surface area (Å²) in [5.41, 5.74) is 8.09. The molecular weight excluding hydrogens is 558 g/mol. The van der Waals surface area contributed by atoms with Crippen LogP contribution in [-0.4, -0.2) is 51.8 Å². The van der Waals surface area contributed by atoms with Crippen LogP contribution in [0.2, 0.25) is 0 Å². The fourth-order valence-corrected chi connectivity index (χ4v) is 5.40. The summed E-state index contributed by atoms with van der Waals surface area (Å²) in [6, 6.07) is 17.7. The van der Waals surface area contributed by atoms with Crippen LogP contribution < -0.4 is 16.6 Å². The number of rotatable bonds is 6. The van der Waals surface area contributed by atoms with E-state index in [1.807, 2.05) is 48.5 Å². The van der Waals surface area contributed by atoms with Crippen molar-refractivity contribution in [3.63, 3.8) is 0 Å². The molecule has 7 rings (SSSR count). The number of hydrogen-bond acceptors (Lipinski definition) is 8. The van der Waals surface area contributed by atoms with Gasteiger partial charge in [-0.2, -0.15) is 0 Å². The van der Waals surface area contributed by atoms with E-state index in [2.05, 4.69) is 37.6 Å². The Morgan fingerprint density at radius 1 is 1.14 bits per heavy atom. The van der Waals surface area contributed by atoms with Crippen LogP contribution in [0.25, 0.3) is 22.1 Å². The van der Waals surface area contributed by atoms with Crippen molar-refractivity contribution < 1.29 is 9.90 Å². The van der Waals surface area contributed by atoms with Crippen LogP contribution in [0.15, 0.2) is 84.0 Å². The normalized spacial score (nSPS) is 14.2. The Morgan fingerprint density at radius 3 is 2.73 bits per heavy atom. The van der Waals surface area contributed by atoms with Gasteiger partial charge in [-0.3, -0.25) is 14.2 Å². The largest absolute Gasteiger partial charge is 0.394 e. The molecule has 1 atom stereocenters. The highest BCUT2D eigenvalue weighted by Crippen LogP contribution is 2.42. The molecule has 4 aromatic heterocycles. The number of aliphatic hydroxyl groups excluding tert-OH is 1. The molecule has 4 heterocycles. The molecule has 1 fully saturated rings. The Balaban J connectivity index is 1.30. The number of nitrogens with two attached hydrogens (primary N) is 1. The van der Waals surface area contributed by atoms with Gasteiger partial charge >= 0.3 is 0 Å². The minimum Gasteiger partial charge on any atom is -0.394 e. The summed E-state index contributed by atoms with van der Waals surface area (Å²) in [6.07, 6.45) is 6.63. The lowest BCUT2D eigenvalue weighted by molar-refractivity contribution is 0.0941. The van der Waals surface area contributed by atoms with Gasteiger partial charge < -0.3 is 16.2 Å². The number of nitrogens with zero attached hydrogens (tertiary/aromatic N) is 7. The van der Waals surface area contributed by atoms with Crippen molar-refractivity contribution in [2.24, 2.45) is 0 Å². The number of carbonyl (C=O) groups is 1. The molecule has 12 heteroatoms. The first-order valence-corrected chi connectivity index (χ1v) is 14.1. The third-order valence-corrected chi connectivity index (χ3v) is 7.96. The lowest BCUT2D eigenvalue weighted by Gasteiger charge is -2.21. The maximum atomic E-state index is 14.3. The second kappa shape index (κ2) is 10.5. The number of anilines is 1. The molecule has 4 N–H and O–H groups in total. The Kier molecular flexibility index (Phi) is 6.45. The van der Waals surface area contributed by atoms with E-state index >= 15 is 0 Å². The van der Waals surface area contributed by atoms with E-state index < -0.39 is 11.9 Å². The zero-order valence-corrected chi connectivity index (χ0v) is 23.7. The number of aliphatic hydroxyl groups is 1. The van der Waals surface area contributed by atoms with Crippen molar-refractivity contribution in [3.05, 3.63) is 112 Å². The summed E-state index contributed by atoms with van der Waals surface area (Å²) in [4.78, 5) is 32.0. The van der Waals surface area contributed by atoms with Gasteiger partial charge in [0, 0.05) is 29.3 Å². The molecule has 0 unspecified atom stereocenters. The fourth-order valence-electron chi connectivity index (χ4n) is 5.40. The summed E-state index contributed by atoms with van der Waals surface area (Å²) in [5, 5.41) is 26.3. The van der Waals surface area contributed by atoms with Crippen molar-refractivity contribution >= 4 is 28.1 Å². The number of fused-ring (bicyclic) bond motifs is 2. The van der Waals surface area contributed by atoms with Gasteiger partial charge in [-0.1, -0.05) is 41.5 Å². The highest BCUT2D eigenvalue weighted by molar-refractivity contribution is 6.04. The highest BCUT2D eigenvalue weighted by atomic mass is 16.3. The van der Waals surface area contributed by atoms with E-state index in [1.54, 1.807) is 46.9 Å². The van der Waals surface area contributed by atoms with Crippen molar-refractivity contribution in [1.82, 2.24) is 39.5 Å². The van der Waals surface area contributed by atoms with Crippen LogP contribution in [0.5, 0.6) is 0 Å². The topological polar surface area (TPSA) is 158 Å². The average molecular weight is 586 g/mol. The predicted octanol–water partition coefficient (Wildman–Crippen LogP) is 2.58. The minimum absolute atomic E-state index is 0.00372. The van der Waals surface area contributed by atoms with Crippen LogP contribution in [-0.2, 0) is 5.54 Å².